The molecule has 9 N–H and O–H groups in total. The van der Waals surface area contributed by atoms with E-state index >= 15 is 0 Å². The zero-order valence-corrected chi connectivity index (χ0v) is 31.2. The largest absolute Gasteiger partial charge is 0.508 e. The Bertz CT molecular complexity index is 1300. The van der Waals surface area contributed by atoms with Crippen molar-refractivity contribution < 1.29 is 39.0 Å². The van der Waals surface area contributed by atoms with Gasteiger partial charge in [-0.3, -0.25) is 24.0 Å². The molecule has 0 radical (unpaired) electrons. The number of phenolic OH excluding ortho intramolecular Hbond substituents is 1. The number of amides is 5. The van der Waals surface area contributed by atoms with E-state index in [0.717, 1.165) is 0 Å². The zero-order valence-electron chi connectivity index (χ0n) is 31.2. The number of nitrogens with two attached hydrogens (primary N) is 1. The topological polar surface area (TPSA) is 229 Å². The predicted octanol–water partition coefficient (Wildman–Crippen LogP) is 1.83. The maximum absolute atomic E-state index is 13.8. The molecule has 7 atom stereocenters. The van der Waals surface area contributed by atoms with E-state index in [9.17, 15) is 39.0 Å². The SMILES string of the molecule is CC[C@H](C)[C@H](NC(=O)[C@@H](CC(C)C)NC(=O)[C@H](NC(=O)[C@@H](NC(=O)[C@H](N)C(C)C)C(C)C)C(C)C)C(=O)N[C@@H](Cc1ccc(O)cc1)C(=O)O. The van der Waals surface area contributed by atoms with E-state index < -0.39 is 83.6 Å². The van der Waals surface area contributed by atoms with Crippen LogP contribution in [0.2, 0.25) is 0 Å². The first-order chi connectivity index (χ1) is 23.2. The second-order valence-electron chi connectivity index (χ2n) is 14.6. The van der Waals surface area contributed by atoms with Crippen molar-refractivity contribution in [1.82, 2.24) is 26.6 Å². The molecule has 0 aliphatic carbocycles. The van der Waals surface area contributed by atoms with Crippen LogP contribution in [0.3, 0.4) is 0 Å². The highest BCUT2D eigenvalue weighted by atomic mass is 16.4. The fraction of sp³-hybridized carbons (Fsp3) is 0.667. The molecule has 1 aromatic carbocycles. The lowest BCUT2D eigenvalue weighted by Crippen LogP contribution is -2.61. The van der Waals surface area contributed by atoms with Crippen LogP contribution >= 0.6 is 0 Å². The highest BCUT2D eigenvalue weighted by molar-refractivity contribution is 5.96. The Morgan fingerprint density at radius 2 is 1.06 bits per heavy atom. The second kappa shape index (κ2) is 20.5. The lowest BCUT2D eigenvalue weighted by atomic mass is 9.95. The molecule has 0 fully saturated rings. The summed E-state index contributed by atoms with van der Waals surface area (Å²) < 4.78 is 0. The number of carbonyl (C=O) groups is 6. The predicted molar refractivity (Wildman–Crippen MR) is 190 cm³/mol. The number of carboxylic acids is 1. The Morgan fingerprint density at radius 3 is 1.50 bits per heavy atom. The van der Waals surface area contributed by atoms with Crippen LogP contribution in [0, 0.1) is 29.6 Å². The monoisotopic (exact) mass is 704 g/mol. The minimum Gasteiger partial charge on any atom is -0.508 e. The number of hydrogen-bond donors (Lipinski definition) is 8. The van der Waals surface area contributed by atoms with Crippen molar-refractivity contribution in [2.45, 2.75) is 125 Å². The van der Waals surface area contributed by atoms with Gasteiger partial charge in [0, 0.05) is 6.42 Å². The number of carboxylic acid groups (broad SMARTS) is 1. The third-order valence-electron chi connectivity index (χ3n) is 8.64. The molecule has 0 unspecified atom stereocenters. The molecule has 14 heteroatoms. The van der Waals surface area contributed by atoms with Gasteiger partial charge in [-0.25, -0.2) is 4.79 Å². The molecule has 1 aromatic rings. The lowest BCUT2D eigenvalue weighted by Gasteiger charge is -2.31. The number of carbonyl (C=O) groups excluding carboxylic acids is 5. The van der Waals surface area contributed by atoms with Gasteiger partial charge in [0.05, 0.1) is 6.04 Å². The van der Waals surface area contributed by atoms with Gasteiger partial charge in [-0.05, 0) is 53.7 Å². The minimum absolute atomic E-state index is 0.0184. The summed E-state index contributed by atoms with van der Waals surface area (Å²) in [6.45, 7) is 17.9. The summed E-state index contributed by atoms with van der Waals surface area (Å²) in [5.74, 6) is -5.58. The Labute approximate surface area is 296 Å². The molecular formula is C36H60N6O8. The Morgan fingerprint density at radius 1 is 0.620 bits per heavy atom. The third kappa shape index (κ3) is 14.0. The molecule has 0 bridgehead atoms. The summed E-state index contributed by atoms with van der Waals surface area (Å²) in [6.07, 6.45) is 0.636. The molecule has 0 aliphatic heterocycles. The number of aromatic hydroxyl groups is 1. The van der Waals surface area contributed by atoms with Gasteiger partial charge < -0.3 is 42.5 Å². The first kappa shape index (κ1) is 43.8. The van der Waals surface area contributed by atoms with Gasteiger partial charge in [0.2, 0.25) is 29.5 Å². The molecule has 14 nitrogen and oxygen atoms in total. The maximum Gasteiger partial charge on any atom is 0.326 e. The van der Waals surface area contributed by atoms with Gasteiger partial charge >= 0.3 is 5.97 Å². The number of hydrogen-bond acceptors (Lipinski definition) is 8. The molecule has 0 aromatic heterocycles. The number of rotatable bonds is 20. The first-order valence-corrected chi connectivity index (χ1v) is 17.5. The minimum atomic E-state index is -1.31. The summed E-state index contributed by atoms with van der Waals surface area (Å²) in [5, 5.41) is 32.9. The van der Waals surface area contributed by atoms with E-state index in [1.54, 1.807) is 60.6 Å². The molecular weight excluding hydrogens is 644 g/mol. The van der Waals surface area contributed by atoms with Crippen molar-refractivity contribution >= 4 is 35.5 Å². The summed E-state index contributed by atoms with van der Waals surface area (Å²) in [5.41, 5.74) is 6.55. The highest BCUT2D eigenvalue weighted by Crippen LogP contribution is 2.15. The van der Waals surface area contributed by atoms with Crippen molar-refractivity contribution in [3.05, 3.63) is 29.8 Å². The number of aliphatic carboxylic acids is 1. The van der Waals surface area contributed by atoms with Crippen LogP contribution in [-0.2, 0) is 35.2 Å². The van der Waals surface area contributed by atoms with E-state index in [1.807, 2.05) is 20.8 Å². The average Bonchev–Trinajstić information content (AvgIpc) is 3.03. The van der Waals surface area contributed by atoms with E-state index in [2.05, 4.69) is 26.6 Å². The van der Waals surface area contributed by atoms with Gasteiger partial charge in [0.1, 0.15) is 36.0 Å². The summed E-state index contributed by atoms with van der Waals surface area (Å²) in [7, 11) is 0. The first-order valence-electron chi connectivity index (χ1n) is 17.5. The van der Waals surface area contributed by atoms with Gasteiger partial charge in [-0.2, -0.15) is 0 Å². The molecule has 0 spiro atoms. The van der Waals surface area contributed by atoms with Crippen LogP contribution in [-0.4, -0.2) is 82.0 Å². The van der Waals surface area contributed by atoms with Gasteiger partial charge in [-0.15, -0.1) is 0 Å². The standard InChI is InChI=1S/C36H60N6O8/c1-11-22(10)30(35(48)39-26(36(49)50)17-23-12-14-24(43)15-13-23)42-31(44)25(16-18(2)3)38-33(46)28(20(6)7)41-34(47)29(21(8)9)40-32(45)27(37)19(4)5/h12-15,18-22,25-30,43H,11,16-17,37H2,1-10H3,(H,38,46)(H,39,48)(H,40,45)(H,41,47)(H,42,44)(H,49,50)/t22-,25+,26-,27+,28+,29-,30-/m0/s1. The van der Waals surface area contributed by atoms with Crippen LogP contribution in [0.25, 0.3) is 0 Å². The lowest BCUT2D eigenvalue weighted by molar-refractivity contribution is -0.142. The zero-order chi connectivity index (χ0) is 38.5. The quantitative estimate of drug-likeness (QED) is 0.0989. The number of nitrogens with one attached hydrogen (secondary N) is 5. The third-order valence-corrected chi connectivity index (χ3v) is 8.64. The van der Waals surface area contributed by atoms with Crippen LogP contribution in [0.5, 0.6) is 5.75 Å². The van der Waals surface area contributed by atoms with Gasteiger partial charge in [0.25, 0.3) is 0 Å². The summed E-state index contributed by atoms with van der Waals surface area (Å²) in [4.78, 5) is 79.1. The Kier molecular flexibility index (Phi) is 17.9. The van der Waals surface area contributed by atoms with Gasteiger partial charge in [0.15, 0.2) is 0 Å². The van der Waals surface area contributed by atoms with E-state index in [0.29, 0.717) is 12.0 Å². The van der Waals surface area contributed by atoms with Crippen LogP contribution in [0.15, 0.2) is 24.3 Å². The van der Waals surface area contributed by atoms with Crippen molar-refractivity contribution in [3.63, 3.8) is 0 Å². The average molecular weight is 705 g/mol. The van der Waals surface area contributed by atoms with Crippen molar-refractivity contribution in [3.8, 4) is 5.75 Å². The highest BCUT2D eigenvalue weighted by Gasteiger charge is 2.36. The fourth-order valence-corrected chi connectivity index (χ4v) is 5.11. The Balaban J connectivity index is 3.20. The van der Waals surface area contributed by atoms with Crippen LogP contribution in [0.4, 0.5) is 0 Å². The molecule has 50 heavy (non-hydrogen) atoms. The number of phenols is 1. The normalized spacial score (nSPS) is 15.7. The summed E-state index contributed by atoms with van der Waals surface area (Å²) in [6, 6.07) is -0.414. The van der Waals surface area contributed by atoms with Crippen LogP contribution in [0.1, 0.15) is 87.6 Å². The molecule has 0 saturated carbocycles. The molecule has 1 rings (SSSR count). The van der Waals surface area contributed by atoms with Crippen molar-refractivity contribution in [2.24, 2.45) is 35.3 Å². The van der Waals surface area contributed by atoms with E-state index in [-0.39, 0.29) is 36.3 Å². The smallest absolute Gasteiger partial charge is 0.326 e. The fourth-order valence-electron chi connectivity index (χ4n) is 5.11. The maximum atomic E-state index is 13.8. The molecule has 5 amide bonds. The Hall–Kier alpha value is -4.20. The molecule has 0 heterocycles. The van der Waals surface area contributed by atoms with E-state index in [1.165, 1.54) is 12.1 Å². The van der Waals surface area contributed by atoms with Crippen molar-refractivity contribution in [1.29, 1.82) is 0 Å². The molecule has 282 valence electrons. The molecule has 0 aliphatic rings. The second-order valence-corrected chi connectivity index (χ2v) is 14.6. The molecule has 0 saturated heterocycles. The number of benzene rings is 1. The van der Waals surface area contributed by atoms with E-state index in [4.69, 9.17) is 5.73 Å². The van der Waals surface area contributed by atoms with Crippen LogP contribution < -0.4 is 32.3 Å². The van der Waals surface area contributed by atoms with Crippen molar-refractivity contribution in [2.75, 3.05) is 0 Å². The summed E-state index contributed by atoms with van der Waals surface area (Å²) >= 11 is 0. The van der Waals surface area contributed by atoms with Gasteiger partial charge in [-0.1, -0.05) is 87.8 Å².